The first-order valence-corrected chi connectivity index (χ1v) is 6.19. The molecule has 0 radical (unpaired) electrons. The van der Waals surface area contributed by atoms with E-state index in [1.54, 1.807) is 6.07 Å². The summed E-state index contributed by atoms with van der Waals surface area (Å²) in [5.74, 6) is 0.275. The molecular formula is C12H12BrFN4O. The fourth-order valence-corrected chi connectivity index (χ4v) is 2.01. The van der Waals surface area contributed by atoms with Gasteiger partial charge in [0.05, 0.1) is 11.6 Å². The summed E-state index contributed by atoms with van der Waals surface area (Å²) in [6.45, 7) is 1.85. The van der Waals surface area contributed by atoms with Gasteiger partial charge in [0.2, 0.25) is 5.88 Å². The van der Waals surface area contributed by atoms with Gasteiger partial charge in [0.1, 0.15) is 17.8 Å². The monoisotopic (exact) mass is 326 g/mol. The first kappa shape index (κ1) is 13.5. The molecule has 0 amide bonds. The number of aromatic nitrogens is 2. The van der Waals surface area contributed by atoms with E-state index >= 15 is 0 Å². The Morgan fingerprint density at radius 2 is 2.11 bits per heavy atom. The van der Waals surface area contributed by atoms with Crippen molar-refractivity contribution < 1.29 is 9.13 Å². The molecule has 0 saturated heterocycles. The highest BCUT2D eigenvalue weighted by Gasteiger charge is 2.11. The van der Waals surface area contributed by atoms with Gasteiger partial charge >= 0.3 is 0 Å². The molecule has 1 aromatic carbocycles. The second-order valence-electron chi connectivity index (χ2n) is 3.85. The minimum Gasteiger partial charge on any atom is -0.479 e. The van der Waals surface area contributed by atoms with Gasteiger partial charge in [-0.2, -0.15) is 4.98 Å². The number of nitrogens with zero attached hydrogens (tertiary/aromatic N) is 2. The quantitative estimate of drug-likeness (QED) is 0.907. The van der Waals surface area contributed by atoms with Gasteiger partial charge in [-0.15, -0.1) is 0 Å². The van der Waals surface area contributed by atoms with E-state index in [0.717, 1.165) is 5.56 Å². The third-order valence-electron chi connectivity index (χ3n) is 2.56. The maximum atomic E-state index is 13.5. The summed E-state index contributed by atoms with van der Waals surface area (Å²) >= 11 is 3.13. The van der Waals surface area contributed by atoms with Crippen LogP contribution < -0.4 is 15.8 Å². The van der Waals surface area contributed by atoms with Crippen molar-refractivity contribution in [2.24, 2.45) is 0 Å². The molecule has 0 bridgehead atoms. The molecule has 1 aromatic heterocycles. The second kappa shape index (κ2) is 5.40. The molecule has 0 fully saturated rings. The second-order valence-corrected chi connectivity index (χ2v) is 4.71. The largest absolute Gasteiger partial charge is 0.479 e. The van der Waals surface area contributed by atoms with Crippen LogP contribution in [0.4, 0.5) is 21.6 Å². The number of rotatable bonds is 3. The van der Waals surface area contributed by atoms with Gasteiger partial charge in [-0.05, 0) is 40.5 Å². The van der Waals surface area contributed by atoms with Crippen molar-refractivity contribution in [3.05, 3.63) is 34.3 Å². The lowest BCUT2D eigenvalue weighted by atomic mass is 10.2. The van der Waals surface area contributed by atoms with Crippen LogP contribution in [0.25, 0.3) is 0 Å². The van der Waals surface area contributed by atoms with Gasteiger partial charge in [-0.3, -0.25) is 0 Å². The number of hydrogen-bond donors (Lipinski definition) is 2. The average molecular weight is 327 g/mol. The zero-order chi connectivity index (χ0) is 14.0. The summed E-state index contributed by atoms with van der Waals surface area (Å²) in [7, 11) is 1.47. The number of methoxy groups -OCH3 is 1. The van der Waals surface area contributed by atoms with Crippen LogP contribution in [-0.4, -0.2) is 17.1 Å². The fraction of sp³-hybridized carbons (Fsp3) is 0.167. The first-order chi connectivity index (χ1) is 9.02. The predicted octanol–water partition coefficient (Wildman–Crippen LogP) is 3.02. The fourth-order valence-electron chi connectivity index (χ4n) is 1.55. The van der Waals surface area contributed by atoms with Crippen LogP contribution in [0, 0.1) is 12.7 Å². The Kier molecular flexibility index (Phi) is 3.84. The molecule has 2 aromatic rings. The zero-order valence-corrected chi connectivity index (χ0v) is 12.0. The van der Waals surface area contributed by atoms with Gasteiger partial charge < -0.3 is 15.8 Å². The molecule has 0 unspecified atom stereocenters. The zero-order valence-electron chi connectivity index (χ0n) is 10.4. The van der Waals surface area contributed by atoms with Gasteiger partial charge in [0.15, 0.2) is 5.82 Å². The van der Waals surface area contributed by atoms with E-state index in [-0.39, 0.29) is 17.4 Å². The van der Waals surface area contributed by atoms with E-state index in [4.69, 9.17) is 10.5 Å². The number of hydrogen-bond acceptors (Lipinski definition) is 5. The molecule has 0 saturated carbocycles. The van der Waals surface area contributed by atoms with E-state index in [9.17, 15) is 4.39 Å². The van der Waals surface area contributed by atoms with E-state index < -0.39 is 0 Å². The summed E-state index contributed by atoms with van der Waals surface area (Å²) in [4.78, 5) is 7.89. The number of halogens is 2. The Hall–Kier alpha value is -1.89. The SMILES string of the molecule is COc1ncnc(Nc2cc(F)c(Br)cc2C)c1N. The maximum Gasteiger partial charge on any atom is 0.242 e. The number of benzene rings is 1. The Labute approximate surface area is 118 Å². The Bertz CT molecular complexity index is 621. The predicted molar refractivity (Wildman–Crippen MR) is 75.1 cm³/mol. The third-order valence-corrected chi connectivity index (χ3v) is 3.17. The van der Waals surface area contributed by atoms with Crippen molar-refractivity contribution in [2.75, 3.05) is 18.2 Å². The highest BCUT2D eigenvalue weighted by Crippen LogP contribution is 2.30. The standard InChI is InChI=1S/C12H12BrFN4O/c1-6-3-7(13)8(14)4-9(6)18-11-10(15)12(19-2)17-5-16-11/h3-5H,15H2,1-2H3,(H,16,17,18). The molecular weight excluding hydrogens is 315 g/mol. The first-order valence-electron chi connectivity index (χ1n) is 5.40. The molecule has 2 rings (SSSR count). The number of aryl methyl sites for hydroxylation is 1. The molecule has 19 heavy (non-hydrogen) atoms. The molecule has 0 aliphatic rings. The summed E-state index contributed by atoms with van der Waals surface area (Å²) in [6, 6.07) is 3.04. The molecule has 3 N–H and O–H groups in total. The van der Waals surface area contributed by atoms with Gasteiger partial charge in [0, 0.05) is 5.69 Å². The minimum atomic E-state index is -0.368. The highest BCUT2D eigenvalue weighted by atomic mass is 79.9. The van der Waals surface area contributed by atoms with Crippen LogP contribution in [0.2, 0.25) is 0 Å². The lowest BCUT2D eigenvalue weighted by molar-refractivity contribution is 0.399. The lowest BCUT2D eigenvalue weighted by Gasteiger charge is -2.12. The summed E-state index contributed by atoms with van der Waals surface area (Å²) in [6.07, 6.45) is 1.32. The number of nitrogen functional groups attached to an aromatic ring is 1. The van der Waals surface area contributed by atoms with E-state index in [1.807, 2.05) is 6.92 Å². The molecule has 0 atom stereocenters. The third kappa shape index (κ3) is 2.76. The van der Waals surface area contributed by atoms with Crippen molar-refractivity contribution in [1.82, 2.24) is 9.97 Å². The van der Waals surface area contributed by atoms with Crippen molar-refractivity contribution in [2.45, 2.75) is 6.92 Å². The number of nitrogens with one attached hydrogen (secondary N) is 1. The molecule has 1 heterocycles. The van der Waals surface area contributed by atoms with E-state index in [0.29, 0.717) is 16.0 Å². The Balaban J connectivity index is 2.39. The van der Waals surface area contributed by atoms with Crippen LogP contribution in [0.15, 0.2) is 22.9 Å². The van der Waals surface area contributed by atoms with Crippen LogP contribution in [0.5, 0.6) is 5.88 Å². The van der Waals surface area contributed by atoms with E-state index in [1.165, 1.54) is 19.5 Å². The molecule has 7 heteroatoms. The number of anilines is 3. The molecule has 0 aliphatic carbocycles. The van der Waals surface area contributed by atoms with Crippen molar-refractivity contribution in [1.29, 1.82) is 0 Å². The summed E-state index contributed by atoms with van der Waals surface area (Å²) < 4.78 is 18.9. The van der Waals surface area contributed by atoms with Crippen LogP contribution in [-0.2, 0) is 0 Å². The molecule has 100 valence electrons. The smallest absolute Gasteiger partial charge is 0.242 e. The topological polar surface area (TPSA) is 73.1 Å². The lowest BCUT2D eigenvalue weighted by Crippen LogP contribution is -2.04. The average Bonchev–Trinajstić information content (AvgIpc) is 2.38. The van der Waals surface area contributed by atoms with Gasteiger partial charge in [0.25, 0.3) is 0 Å². The maximum absolute atomic E-state index is 13.5. The highest BCUT2D eigenvalue weighted by molar-refractivity contribution is 9.10. The van der Waals surface area contributed by atoms with E-state index in [2.05, 4.69) is 31.2 Å². The summed E-state index contributed by atoms with van der Waals surface area (Å²) in [5.41, 5.74) is 7.54. The van der Waals surface area contributed by atoms with Crippen molar-refractivity contribution in [3.8, 4) is 5.88 Å². The molecule has 5 nitrogen and oxygen atoms in total. The van der Waals surface area contributed by atoms with Crippen LogP contribution in [0.3, 0.4) is 0 Å². The van der Waals surface area contributed by atoms with Crippen LogP contribution >= 0.6 is 15.9 Å². The van der Waals surface area contributed by atoms with Crippen molar-refractivity contribution >= 4 is 33.1 Å². The number of ether oxygens (including phenoxy) is 1. The molecule has 0 aliphatic heterocycles. The Morgan fingerprint density at radius 1 is 1.37 bits per heavy atom. The normalized spacial score (nSPS) is 10.3. The summed E-state index contributed by atoms with van der Waals surface area (Å²) in [5, 5.41) is 2.97. The van der Waals surface area contributed by atoms with Gasteiger partial charge in [-0.25, -0.2) is 9.37 Å². The van der Waals surface area contributed by atoms with Crippen molar-refractivity contribution in [3.63, 3.8) is 0 Å². The number of nitrogens with two attached hydrogens (primary N) is 1. The minimum absolute atomic E-state index is 0.271. The molecule has 0 spiro atoms. The Morgan fingerprint density at radius 3 is 2.79 bits per heavy atom. The van der Waals surface area contributed by atoms with Crippen LogP contribution in [0.1, 0.15) is 5.56 Å². The van der Waals surface area contributed by atoms with Gasteiger partial charge in [-0.1, -0.05) is 0 Å².